The van der Waals surface area contributed by atoms with Crippen LogP contribution in [0, 0.1) is 0 Å². The highest BCUT2D eigenvalue weighted by Gasteiger charge is 2.41. The number of halogens is 1. The fraction of sp³-hybridized carbons (Fsp3) is 0.545. The molecule has 0 amide bonds. The molecule has 0 radical (unpaired) electrons. The highest BCUT2D eigenvalue weighted by molar-refractivity contribution is 5.82. The van der Waals surface area contributed by atoms with Crippen molar-refractivity contribution in [3.63, 3.8) is 0 Å². The number of imidazole rings is 1. The van der Waals surface area contributed by atoms with Crippen molar-refractivity contribution < 1.29 is 14.2 Å². The van der Waals surface area contributed by atoms with Crippen molar-refractivity contribution in [1.29, 1.82) is 0 Å². The molecule has 1 fully saturated rings. The minimum absolute atomic E-state index is 0.0772. The minimum atomic E-state index is -1.69. The summed E-state index contributed by atoms with van der Waals surface area (Å²) in [5.41, 5.74) is -0.513. The first-order chi connectivity index (χ1) is 9.17. The molecule has 1 saturated heterocycles. The minimum Gasteiger partial charge on any atom is -0.393 e. The van der Waals surface area contributed by atoms with Crippen LogP contribution in [0.1, 0.15) is 12.6 Å². The smallest absolute Gasteiger partial charge is 0.167 e. The van der Waals surface area contributed by atoms with Gasteiger partial charge in [0.2, 0.25) is 0 Å². The van der Waals surface area contributed by atoms with Crippen molar-refractivity contribution in [1.82, 2.24) is 19.5 Å². The first-order valence-electron chi connectivity index (χ1n) is 5.93. The van der Waals surface area contributed by atoms with Gasteiger partial charge in [0.15, 0.2) is 17.1 Å². The zero-order valence-electron chi connectivity index (χ0n) is 10.4. The zero-order valence-corrected chi connectivity index (χ0v) is 10.4. The predicted octanol–water partition coefficient (Wildman–Crippen LogP) is 0.487. The van der Waals surface area contributed by atoms with E-state index in [0.717, 1.165) is 0 Å². The number of aromatic nitrogens is 4. The van der Waals surface area contributed by atoms with E-state index in [0.29, 0.717) is 17.0 Å². The van der Waals surface area contributed by atoms with E-state index in [4.69, 9.17) is 9.84 Å². The van der Waals surface area contributed by atoms with Gasteiger partial charge in [0.05, 0.1) is 19.5 Å². The van der Waals surface area contributed by atoms with Gasteiger partial charge in [0.25, 0.3) is 0 Å². The molecule has 0 spiro atoms. The lowest BCUT2D eigenvalue weighted by atomic mass is 10.1. The number of hydrogen-bond acceptors (Lipinski definition) is 6. The second kappa shape index (κ2) is 4.39. The van der Waals surface area contributed by atoms with Crippen LogP contribution in [0.25, 0.3) is 11.2 Å². The van der Waals surface area contributed by atoms with Gasteiger partial charge >= 0.3 is 0 Å². The van der Waals surface area contributed by atoms with Crippen molar-refractivity contribution in [3.05, 3.63) is 12.7 Å². The Hall–Kier alpha value is -1.80. The Bertz CT molecular complexity index is 604. The van der Waals surface area contributed by atoms with Gasteiger partial charge in [-0.15, -0.1) is 0 Å². The summed E-state index contributed by atoms with van der Waals surface area (Å²) < 4.78 is 21.0. The summed E-state index contributed by atoms with van der Waals surface area (Å²) in [6, 6.07) is 0. The van der Waals surface area contributed by atoms with Crippen molar-refractivity contribution in [2.45, 2.75) is 18.3 Å². The Labute approximate surface area is 108 Å². The Morgan fingerprint density at radius 2 is 2.42 bits per heavy atom. The molecule has 0 aliphatic carbocycles. The number of hydrogen-bond donors (Lipinski definition) is 2. The molecule has 7 nitrogen and oxygen atoms in total. The van der Waals surface area contributed by atoms with Crippen molar-refractivity contribution in [2.24, 2.45) is 0 Å². The number of rotatable bonds is 3. The molecular formula is C11H14FN5O2. The van der Waals surface area contributed by atoms with Crippen LogP contribution < -0.4 is 5.32 Å². The average molecular weight is 267 g/mol. The maximum Gasteiger partial charge on any atom is 0.167 e. The molecule has 0 unspecified atom stereocenters. The molecule has 8 heteroatoms. The van der Waals surface area contributed by atoms with Crippen LogP contribution in [-0.4, -0.2) is 50.6 Å². The third-order valence-electron chi connectivity index (χ3n) is 3.26. The van der Waals surface area contributed by atoms with Crippen LogP contribution in [0.3, 0.4) is 0 Å². The number of anilines is 1. The third-order valence-corrected chi connectivity index (χ3v) is 3.26. The topological polar surface area (TPSA) is 85.1 Å². The van der Waals surface area contributed by atoms with Gasteiger partial charge in [-0.3, -0.25) is 4.57 Å². The molecule has 2 atom stereocenters. The normalized spacial score (nSPS) is 27.0. The number of alkyl halides is 1. The van der Waals surface area contributed by atoms with E-state index in [9.17, 15) is 4.39 Å². The molecule has 3 heterocycles. The Balaban J connectivity index is 1.99. The molecule has 2 aromatic rings. The summed E-state index contributed by atoms with van der Waals surface area (Å²) in [5.74, 6) is 0.607. The van der Waals surface area contributed by atoms with Crippen LogP contribution in [0.5, 0.6) is 0 Å². The molecule has 1 aliphatic heterocycles. The van der Waals surface area contributed by atoms with E-state index in [2.05, 4.69) is 20.3 Å². The molecule has 102 valence electrons. The average Bonchev–Trinajstić information content (AvgIpc) is 3.02. The van der Waals surface area contributed by atoms with Gasteiger partial charge in [-0.1, -0.05) is 0 Å². The van der Waals surface area contributed by atoms with Gasteiger partial charge < -0.3 is 15.2 Å². The van der Waals surface area contributed by atoms with E-state index >= 15 is 0 Å². The summed E-state index contributed by atoms with van der Waals surface area (Å²) in [5, 5.41) is 11.9. The Kier molecular flexibility index (Phi) is 2.83. The van der Waals surface area contributed by atoms with E-state index in [1.165, 1.54) is 6.33 Å². The number of fused-ring (bicyclic) bond motifs is 1. The Morgan fingerprint density at radius 3 is 3.11 bits per heavy atom. The summed E-state index contributed by atoms with van der Waals surface area (Å²) in [6.07, 6.45) is 2.53. The fourth-order valence-corrected chi connectivity index (χ4v) is 2.21. The van der Waals surface area contributed by atoms with Gasteiger partial charge in [0, 0.05) is 13.5 Å². The standard InChI is InChI=1S/C11H14FN5O2/c1-13-9-8-10(15-5-14-9)17(6-16-8)7-2-11(12,3-18)4-19-7/h5-7,18H,2-4H2,1H3,(H,13,14,15)/t7-,11-/m0/s1. The van der Waals surface area contributed by atoms with Crippen LogP contribution in [0.2, 0.25) is 0 Å². The van der Waals surface area contributed by atoms with Crippen molar-refractivity contribution in [2.75, 3.05) is 25.6 Å². The molecule has 0 saturated carbocycles. The zero-order chi connectivity index (χ0) is 13.5. The van der Waals surface area contributed by atoms with Gasteiger partial charge in [-0.2, -0.15) is 0 Å². The molecule has 0 aromatic carbocycles. The number of aliphatic hydroxyl groups is 1. The predicted molar refractivity (Wildman–Crippen MR) is 65.4 cm³/mol. The summed E-state index contributed by atoms with van der Waals surface area (Å²) >= 11 is 0. The van der Waals surface area contributed by atoms with Crippen molar-refractivity contribution in [3.8, 4) is 0 Å². The highest BCUT2D eigenvalue weighted by atomic mass is 19.1. The molecular weight excluding hydrogens is 253 g/mol. The molecule has 2 aromatic heterocycles. The number of aliphatic hydroxyl groups excluding tert-OH is 1. The van der Waals surface area contributed by atoms with Crippen LogP contribution >= 0.6 is 0 Å². The molecule has 1 aliphatic rings. The summed E-state index contributed by atoms with van der Waals surface area (Å²) in [6.45, 7) is -0.676. The fourth-order valence-electron chi connectivity index (χ4n) is 2.21. The van der Waals surface area contributed by atoms with Crippen LogP contribution in [0.15, 0.2) is 12.7 Å². The SMILES string of the molecule is CNc1ncnc2c1ncn2[C@@H]1C[C@](F)(CO)CO1. The lowest BCUT2D eigenvalue weighted by molar-refractivity contribution is 0.0302. The highest BCUT2D eigenvalue weighted by Crippen LogP contribution is 2.35. The lowest BCUT2D eigenvalue weighted by Gasteiger charge is -2.14. The number of nitrogens with zero attached hydrogens (tertiary/aromatic N) is 4. The van der Waals surface area contributed by atoms with Crippen LogP contribution in [0.4, 0.5) is 10.2 Å². The molecule has 3 rings (SSSR count). The molecule has 0 bridgehead atoms. The number of ether oxygens (including phenoxy) is 1. The molecule has 19 heavy (non-hydrogen) atoms. The quantitative estimate of drug-likeness (QED) is 0.841. The molecule has 2 N–H and O–H groups in total. The maximum atomic E-state index is 14.0. The maximum absolute atomic E-state index is 14.0. The van der Waals surface area contributed by atoms with E-state index in [1.807, 2.05) is 0 Å². The Morgan fingerprint density at radius 1 is 1.58 bits per heavy atom. The van der Waals surface area contributed by atoms with Gasteiger partial charge in [-0.05, 0) is 0 Å². The van der Waals surface area contributed by atoms with Crippen LogP contribution in [-0.2, 0) is 4.74 Å². The largest absolute Gasteiger partial charge is 0.393 e. The van der Waals surface area contributed by atoms with Gasteiger partial charge in [-0.25, -0.2) is 19.3 Å². The van der Waals surface area contributed by atoms with E-state index in [1.54, 1.807) is 17.9 Å². The summed E-state index contributed by atoms with van der Waals surface area (Å²) in [4.78, 5) is 12.4. The van der Waals surface area contributed by atoms with Crippen molar-refractivity contribution >= 4 is 17.0 Å². The van der Waals surface area contributed by atoms with E-state index < -0.39 is 18.5 Å². The second-order valence-corrected chi connectivity index (χ2v) is 4.58. The van der Waals surface area contributed by atoms with E-state index in [-0.39, 0.29) is 13.0 Å². The summed E-state index contributed by atoms with van der Waals surface area (Å²) in [7, 11) is 1.74. The number of nitrogens with one attached hydrogen (secondary N) is 1. The first-order valence-corrected chi connectivity index (χ1v) is 5.93. The second-order valence-electron chi connectivity index (χ2n) is 4.58. The lowest BCUT2D eigenvalue weighted by Crippen LogP contribution is -2.27. The first kappa shape index (κ1) is 12.2. The third kappa shape index (κ3) is 1.92. The monoisotopic (exact) mass is 267 g/mol. The van der Waals surface area contributed by atoms with Gasteiger partial charge in [0.1, 0.15) is 18.1 Å².